The zero-order chi connectivity index (χ0) is 32.2. The summed E-state index contributed by atoms with van der Waals surface area (Å²) in [6.07, 6.45) is 0. The third-order valence-corrected chi connectivity index (χ3v) is 7.41. The summed E-state index contributed by atoms with van der Waals surface area (Å²) in [7, 11) is 5.87. The zero-order valence-electron chi connectivity index (χ0n) is 25.6. The lowest BCUT2D eigenvalue weighted by Crippen LogP contribution is -2.06. The van der Waals surface area contributed by atoms with Crippen molar-refractivity contribution < 1.29 is 37.3 Å². The average Bonchev–Trinajstić information content (AvgIpc) is 3.08. The molecule has 0 N–H and O–H groups in total. The van der Waals surface area contributed by atoms with Gasteiger partial charge >= 0.3 is 11.3 Å². The second-order valence-corrected chi connectivity index (χ2v) is 10.1. The minimum atomic E-state index is -0.678. The maximum Gasteiger partial charge on any atom is 0.336 e. The Labute approximate surface area is 263 Å². The summed E-state index contributed by atoms with van der Waals surface area (Å²) < 4.78 is 46.5. The van der Waals surface area contributed by atoms with Gasteiger partial charge in [0, 0.05) is 34.0 Å². The van der Waals surface area contributed by atoms with Gasteiger partial charge in [-0.05, 0) is 23.3 Å². The Morgan fingerprint density at radius 3 is 1.24 bits per heavy atom. The molecule has 2 aromatic heterocycles. The van der Waals surface area contributed by atoms with Gasteiger partial charge in [0.15, 0.2) is 22.7 Å². The Balaban J connectivity index is 1.56. The molecule has 4 aromatic carbocycles. The van der Waals surface area contributed by atoms with Crippen molar-refractivity contribution >= 4 is 21.9 Å². The summed E-state index contributed by atoms with van der Waals surface area (Å²) in [6.45, 7) is 0.420. The van der Waals surface area contributed by atoms with Crippen molar-refractivity contribution in [3.8, 4) is 45.6 Å². The molecule has 0 unspecified atom stereocenters. The molecule has 0 atom stereocenters. The fraction of sp³-hybridized carbons (Fsp3) is 0.167. The van der Waals surface area contributed by atoms with Gasteiger partial charge in [-0.25, -0.2) is 9.59 Å². The molecule has 234 valence electrons. The molecule has 0 spiro atoms. The van der Waals surface area contributed by atoms with Crippen molar-refractivity contribution in [2.24, 2.45) is 0 Å². The van der Waals surface area contributed by atoms with Gasteiger partial charge in [0.2, 0.25) is 23.0 Å². The van der Waals surface area contributed by atoms with Gasteiger partial charge in [-0.3, -0.25) is 0 Å². The molecule has 46 heavy (non-hydrogen) atoms. The highest BCUT2D eigenvalue weighted by atomic mass is 16.5. The van der Waals surface area contributed by atoms with Crippen LogP contribution in [0.4, 0.5) is 0 Å². The van der Waals surface area contributed by atoms with E-state index in [2.05, 4.69) is 0 Å². The zero-order valence-corrected chi connectivity index (χ0v) is 25.6. The first-order valence-corrected chi connectivity index (χ1v) is 14.2. The Bertz CT molecular complexity index is 1980. The minimum Gasteiger partial charge on any atom is -0.493 e. The van der Waals surface area contributed by atoms with E-state index in [1.165, 1.54) is 40.6 Å². The SMILES string of the molecule is COc1cc2c(-c3cc(=O)oc4c(OC)c(OCc5ccccc5)c(OC)cc34)cc(=O)oc2c(OC)c1OCc1ccccc1. The van der Waals surface area contributed by atoms with Crippen LogP contribution in [0, 0.1) is 0 Å². The van der Waals surface area contributed by atoms with Crippen molar-refractivity contribution in [1.29, 1.82) is 0 Å². The summed E-state index contributed by atoms with van der Waals surface area (Å²) in [5.74, 6) is 1.47. The molecule has 0 bridgehead atoms. The predicted octanol–water partition coefficient (Wildman–Crippen LogP) is 6.76. The number of methoxy groups -OCH3 is 4. The normalized spacial score (nSPS) is 11.0. The van der Waals surface area contributed by atoms with Crippen molar-refractivity contribution in [3.05, 3.63) is 117 Å². The van der Waals surface area contributed by atoms with Crippen LogP contribution in [0.3, 0.4) is 0 Å². The van der Waals surface area contributed by atoms with E-state index in [0.717, 1.165) is 11.1 Å². The van der Waals surface area contributed by atoms with Crippen LogP contribution in [0.2, 0.25) is 0 Å². The minimum absolute atomic E-state index is 0.108. The van der Waals surface area contributed by atoms with Crippen molar-refractivity contribution in [2.45, 2.75) is 13.2 Å². The first-order valence-electron chi connectivity index (χ1n) is 14.2. The number of rotatable bonds is 11. The maximum atomic E-state index is 13.1. The summed E-state index contributed by atoms with van der Waals surface area (Å²) in [6, 6.07) is 25.0. The molecule has 10 heteroatoms. The van der Waals surface area contributed by atoms with E-state index < -0.39 is 11.3 Å². The molecule has 10 nitrogen and oxygen atoms in total. The van der Waals surface area contributed by atoms with Gasteiger partial charge in [0.05, 0.1) is 28.4 Å². The Kier molecular flexibility index (Phi) is 8.51. The van der Waals surface area contributed by atoms with Gasteiger partial charge in [-0.2, -0.15) is 0 Å². The van der Waals surface area contributed by atoms with Crippen LogP contribution in [-0.4, -0.2) is 28.4 Å². The standard InChI is InChI=1S/C36H30O10/c1-39-27-15-25-23(17-29(37)45-31(25)35(41-3)33(27)43-19-21-11-7-5-8-12-21)24-18-30(38)46-32-26(24)16-28(40-2)34(36(32)42-4)44-20-22-13-9-6-10-14-22/h5-18H,19-20H2,1-4H3. The average molecular weight is 623 g/mol. The maximum absolute atomic E-state index is 13.1. The molecule has 6 rings (SSSR count). The fourth-order valence-electron chi connectivity index (χ4n) is 5.31. The lowest BCUT2D eigenvalue weighted by Gasteiger charge is -2.19. The molecule has 0 fully saturated rings. The van der Waals surface area contributed by atoms with E-state index in [1.807, 2.05) is 60.7 Å². The first-order chi connectivity index (χ1) is 22.4. The van der Waals surface area contributed by atoms with Crippen molar-refractivity contribution in [1.82, 2.24) is 0 Å². The fourth-order valence-corrected chi connectivity index (χ4v) is 5.31. The summed E-state index contributed by atoms with van der Waals surface area (Å²) in [5.41, 5.74) is 1.41. The first kappa shape index (κ1) is 30.1. The molecule has 0 saturated carbocycles. The Hall–Kier alpha value is -5.90. The van der Waals surface area contributed by atoms with Gasteiger partial charge in [0.1, 0.15) is 13.2 Å². The Morgan fingerprint density at radius 1 is 0.500 bits per heavy atom. The number of ether oxygens (including phenoxy) is 6. The van der Waals surface area contributed by atoms with E-state index in [1.54, 1.807) is 12.1 Å². The quantitative estimate of drug-likeness (QED) is 0.144. The predicted molar refractivity (Wildman–Crippen MR) is 172 cm³/mol. The second-order valence-electron chi connectivity index (χ2n) is 10.1. The molecule has 0 aliphatic carbocycles. The number of benzene rings is 4. The molecule has 0 aliphatic rings. The summed E-state index contributed by atoms with van der Waals surface area (Å²) in [5, 5.41) is 0.851. The molecular formula is C36H30O10. The third-order valence-electron chi connectivity index (χ3n) is 7.41. The molecular weight excluding hydrogens is 592 g/mol. The van der Waals surface area contributed by atoms with Gasteiger partial charge < -0.3 is 37.3 Å². The lowest BCUT2D eigenvalue weighted by molar-refractivity contribution is 0.265. The van der Waals surface area contributed by atoms with Crippen LogP contribution >= 0.6 is 0 Å². The lowest BCUT2D eigenvalue weighted by atomic mass is 9.97. The van der Waals surface area contributed by atoms with E-state index >= 15 is 0 Å². The third kappa shape index (κ3) is 5.68. The van der Waals surface area contributed by atoms with E-state index in [9.17, 15) is 9.59 Å². The van der Waals surface area contributed by atoms with Gasteiger partial charge in [-0.15, -0.1) is 0 Å². The van der Waals surface area contributed by atoms with Crippen LogP contribution in [0.25, 0.3) is 33.1 Å². The topological polar surface area (TPSA) is 116 Å². The molecule has 0 saturated heterocycles. The Morgan fingerprint density at radius 2 is 0.891 bits per heavy atom. The highest BCUT2D eigenvalue weighted by molar-refractivity contribution is 6.07. The van der Waals surface area contributed by atoms with Crippen LogP contribution < -0.4 is 39.7 Å². The molecule has 0 radical (unpaired) electrons. The number of fused-ring (bicyclic) bond motifs is 2. The van der Waals surface area contributed by atoms with Crippen LogP contribution in [0.5, 0.6) is 34.5 Å². The van der Waals surface area contributed by atoms with Crippen LogP contribution in [0.15, 0.2) is 103 Å². The summed E-state index contributed by atoms with van der Waals surface area (Å²) >= 11 is 0. The van der Waals surface area contributed by atoms with E-state index in [0.29, 0.717) is 33.4 Å². The van der Waals surface area contributed by atoms with Crippen molar-refractivity contribution in [3.63, 3.8) is 0 Å². The molecule has 0 amide bonds. The van der Waals surface area contributed by atoms with E-state index in [4.69, 9.17) is 37.3 Å². The second kappa shape index (κ2) is 13.0. The number of hydrogen-bond acceptors (Lipinski definition) is 10. The highest BCUT2D eigenvalue weighted by Crippen LogP contribution is 2.49. The monoisotopic (exact) mass is 622 g/mol. The van der Waals surface area contributed by atoms with Crippen LogP contribution in [0.1, 0.15) is 11.1 Å². The highest BCUT2D eigenvalue weighted by Gasteiger charge is 2.26. The molecule has 0 aliphatic heterocycles. The van der Waals surface area contributed by atoms with Gasteiger partial charge in [0.25, 0.3) is 0 Å². The van der Waals surface area contributed by atoms with E-state index in [-0.39, 0.29) is 47.4 Å². The largest absolute Gasteiger partial charge is 0.493 e. The van der Waals surface area contributed by atoms with Gasteiger partial charge in [-0.1, -0.05) is 60.7 Å². The smallest absolute Gasteiger partial charge is 0.336 e. The summed E-state index contributed by atoms with van der Waals surface area (Å²) in [4.78, 5) is 26.1. The van der Waals surface area contributed by atoms with Crippen molar-refractivity contribution in [2.75, 3.05) is 28.4 Å². The van der Waals surface area contributed by atoms with Crippen LogP contribution in [-0.2, 0) is 13.2 Å². The molecule has 6 aromatic rings. The molecule has 2 heterocycles. The number of hydrogen-bond donors (Lipinski definition) is 0.